The summed E-state index contributed by atoms with van der Waals surface area (Å²) in [5.41, 5.74) is 4.07. The third kappa shape index (κ3) is 6.15. The Morgan fingerprint density at radius 1 is 0.571 bits per heavy atom. The first-order chi connectivity index (χ1) is 16.0. The van der Waals surface area contributed by atoms with Crippen LogP contribution < -0.4 is 8.85 Å². The van der Waals surface area contributed by atoms with E-state index in [9.17, 15) is 9.59 Å². The van der Waals surface area contributed by atoms with Gasteiger partial charge < -0.3 is 8.85 Å². The highest BCUT2D eigenvalue weighted by atomic mass is 28.3. The molecule has 0 aromatic heterocycles. The second-order valence-electron chi connectivity index (χ2n) is 12.5. The van der Waals surface area contributed by atoms with Gasteiger partial charge in [-0.3, -0.25) is 9.59 Å². The minimum absolute atomic E-state index is 0.202. The van der Waals surface area contributed by atoms with Crippen LogP contribution in [0.4, 0.5) is 0 Å². The molecular formula is C29H44O4Si2. The lowest BCUT2D eigenvalue weighted by Gasteiger charge is -2.35. The maximum Gasteiger partial charge on any atom is 0.229 e. The van der Waals surface area contributed by atoms with E-state index in [4.69, 9.17) is 8.85 Å². The van der Waals surface area contributed by atoms with Crippen LogP contribution >= 0.6 is 0 Å². The van der Waals surface area contributed by atoms with Crippen LogP contribution in [0.2, 0.25) is 26.2 Å². The molecule has 0 amide bonds. The third-order valence-corrected chi connectivity index (χ3v) is 7.71. The highest BCUT2D eigenvalue weighted by Crippen LogP contribution is 2.47. The first-order valence-electron chi connectivity index (χ1n) is 12.6. The van der Waals surface area contributed by atoms with Crippen LogP contribution in [-0.4, -0.2) is 30.7 Å². The average Bonchev–Trinajstić information content (AvgIpc) is 2.70. The zero-order valence-electron chi connectivity index (χ0n) is 23.8. The van der Waals surface area contributed by atoms with E-state index in [-0.39, 0.29) is 10.8 Å². The molecule has 0 saturated carbocycles. The molecule has 0 aliphatic carbocycles. The second-order valence-corrected chi connectivity index (χ2v) is 17.2. The van der Waals surface area contributed by atoms with Gasteiger partial charge in [0.15, 0.2) is 12.6 Å². The van der Waals surface area contributed by atoms with E-state index >= 15 is 0 Å². The van der Waals surface area contributed by atoms with E-state index in [1.54, 1.807) is 0 Å². The highest BCUT2D eigenvalue weighted by Gasteiger charge is 2.36. The Kier molecular flexibility index (Phi) is 8.66. The summed E-state index contributed by atoms with van der Waals surface area (Å²) in [7, 11) is -3.06. The fourth-order valence-electron chi connectivity index (χ4n) is 4.60. The molecule has 6 heteroatoms. The third-order valence-electron chi connectivity index (χ3n) is 6.30. The van der Waals surface area contributed by atoms with Crippen molar-refractivity contribution in [1.29, 1.82) is 0 Å². The van der Waals surface area contributed by atoms with Crippen LogP contribution in [-0.2, 0) is 16.2 Å². The Balaban J connectivity index is 2.97. The van der Waals surface area contributed by atoms with Crippen molar-refractivity contribution in [2.24, 2.45) is 0 Å². The van der Waals surface area contributed by atoms with Crippen molar-refractivity contribution in [2.75, 3.05) is 0 Å². The van der Waals surface area contributed by atoms with E-state index in [1.165, 1.54) is 0 Å². The number of hydrogen-bond acceptors (Lipinski definition) is 4. The van der Waals surface area contributed by atoms with Crippen molar-refractivity contribution in [1.82, 2.24) is 0 Å². The van der Waals surface area contributed by atoms with Gasteiger partial charge in [0.05, 0.1) is 11.1 Å². The van der Waals surface area contributed by atoms with Gasteiger partial charge in [0.1, 0.15) is 11.5 Å². The van der Waals surface area contributed by atoms with Gasteiger partial charge in [-0.15, -0.1) is 0 Å². The number of benzene rings is 2. The SMILES string of the molecule is C[SiH](C)Oc1c(C(C)(C)c2ccc(C(C)(C)C)c(C=O)c2O[SiH](C)C)ccc(C(C)(C)C)c1C=O. The molecule has 0 aliphatic heterocycles. The molecule has 192 valence electrons. The fourth-order valence-corrected chi connectivity index (χ4v) is 6.05. The molecule has 0 spiro atoms. The first kappa shape index (κ1) is 29.0. The molecule has 0 radical (unpaired) electrons. The van der Waals surface area contributed by atoms with Crippen molar-refractivity contribution in [2.45, 2.75) is 97.8 Å². The topological polar surface area (TPSA) is 52.6 Å². The standard InChI is InChI=1S/C29H44O4Si2/c1-27(2,3)21-13-15-23(25(19(21)17-30)32-34(9)10)29(7,8)24-16-14-22(28(4,5)6)20(18-31)26(24)33-35(11)12/h13-18,34-35H,1-12H3. The minimum atomic E-state index is -1.53. The van der Waals surface area contributed by atoms with Crippen molar-refractivity contribution < 1.29 is 18.4 Å². The lowest BCUT2D eigenvalue weighted by Crippen LogP contribution is -2.28. The van der Waals surface area contributed by atoms with Gasteiger partial charge in [0.25, 0.3) is 0 Å². The van der Waals surface area contributed by atoms with Crippen LogP contribution in [0.1, 0.15) is 98.4 Å². The van der Waals surface area contributed by atoms with Gasteiger partial charge in [0.2, 0.25) is 18.1 Å². The van der Waals surface area contributed by atoms with E-state index in [0.717, 1.165) is 34.8 Å². The molecule has 0 heterocycles. The Labute approximate surface area is 215 Å². The molecule has 35 heavy (non-hydrogen) atoms. The summed E-state index contributed by atoms with van der Waals surface area (Å²) in [6, 6.07) is 8.29. The molecule has 4 nitrogen and oxygen atoms in total. The summed E-state index contributed by atoms with van der Waals surface area (Å²) in [5.74, 6) is 1.33. The van der Waals surface area contributed by atoms with Gasteiger partial charge in [-0.1, -0.05) is 79.7 Å². The van der Waals surface area contributed by atoms with Crippen molar-refractivity contribution >= 4 is 30.7 Å². The van der Waals surface area contributed by atoms with Crippen molar-refractivity contribution in [3.8, 4) is 11.5 Å². The Hall–Kier alpha value is -2.19. The molecule has 0 aliphatic rings. The van der Waals surface area contributed by atoms with Crippen molar-refractivity contribution in [3.63, 3.8) is 0 Å². The lowest BCUT2D eigenvalue weighted by atomic mass is 9.72. The lowest BCUT2D eigenvalue weighted by molar-refractivity contribution is 0.111. The molecule has 0 fully saturated rings. The molecule has 2 aromatic carbocycles. The summed E-state index contributed by atoms with van der Waals surface area (Å²) in [5, 5.41) is 0. The van der Waals surface area contributed by atoms with E-state index < -0.39 is 23.5 Å². The molecule has 0 bridgehead atoms. The van der Waals surface area contributed by atoms with Gasteiger partial charge in [-0.2, -0.15) is 0 Å². The zero-order chi connectivity index (χ0) is 26.9. The largest absolute Gasteiger partial charge is 0.546 e. The molecule has 0 saturated heterocycles. The maximum atomic E-state index is 12.4. The Bertz CT molecular complexity index is 1000. The minimum Gasteiger partial charge on any atom is -0.546 e. The van der Waals surface area contributed by atoms with Gasteiger partial charge >= 0.3 is 0 Å². The molecule has 2 rings (SSSR count). The molecule has 0 N–H and O–H groups in total. The number of carbonyl (C=O) groups excluding carboxylic acids is 2. The molecular weight excluding hydrogens is 468 g/mol. The number of aldehydes is 2. The summed E-state index contributed by atoms with van der Waals surface area (Å²) in [6.45, 7) is 25.3. The number of carbonyl (C=O) groups is 2. The Morgan fingerprint density at radius 2 is 0.857 bits per heavy atom. The van der Waals surface area contributed by atoms with Gasteiger partial charge in [-0.05, 0) is 48.1 Å². The average molecular weight is 513 g/mol. The van der Waals surface area contributed by atoms with Crippen LogP contribution in [0.3, 0.4) is 0 Å². The van der Waals surface area contributed by atoms with Crippen LogP contribution in [0, 0.1) is 0 Å². The summed E-state index contributed by atoms with van der Waals surface area (Å²) in [6.07, 6.45) is 1.87. The first-order valence-corrected chi connectivity index (χ1v) is 18.1. The number of rotatable bonds is 8. The zero-order valence-corrected chi connectivity index (χ0v) is 26.1. The molecule has 2 aromatic rings. The van der Waals surface area contributed by atoms with Gasteiger partial charge in [0, 0.05) is 16.5 Å². The summed E-state index contributed by atoms with van der Waals surface area (Å²) < 4.78 is 12.9. The predicted octanol–water partition coefficient (Wildman–Crippen LogP) is 6.96. The van der Waals surface area contributed by atoms with E-state index in [2.05, 4.69) is 106 Å². The molecule has 0 unspecified atom stereocenters. The smallest absolute Gasteiger partial charge is 0.229 e. The van der Waals surface area contributed by atoms with E-state index in [0.29, 0.717) is 22.6 Å². The summed E-state index contributed by atoms with van der Waals surface area (Å²) in [4.78, 5) is 24.9. The Morgan fingerprint density at radius 3 is 1.09 bits per heavy atom. The monoisotopic (exact) mass is 512 g/mol. The second kappa shape index (κ2) is 10.4. The normalized spacial score (nSPS) is 12.7. The highest BCUT2D eigenvalue weighted by molar-refractivity contribution is 6.49. The van der Waals surface area contributed by atoms with Crippen molar-refractivity contribution in [3.05, 3.63) is 57.6 Å². The predicted molar refractivity (Wildman–Crippen MR) is 152 cm³/mol. The maximum absolute atomic E-state index is 12.4. The summed E-state index contributed by atoms with van der Waals surface area (Å²) >= 11 is 0. The quantitative estimate of drug-likeness (QED) is 0.283. The number of hydrogen-bond donors (Lipinski definition) is 0. The molecule has 0 atom stereocenters. The van der Waals surface area contributed by atoms with Crippen LogP contribution in [0.25, 0.3) is 0 Å². The van der Waals surface area contributed by atoms with Gasteiger partial charge in [-0.25, -0.2) is 0 Å². The van der Waals surface area contributed by atoms with Crippen LogP contribution in [0.5, 0.6) is 11.5 Å². The van der Waals surface area contributed by atoms with Crippen LogP contribution in [0.15, 0.2) is 24.3 Å². The fraction of sp³-hybridized carbons (Fsp3) is 0.517. The van der Waals surface area contributed by atoms with E-state index in [1.807, 2.05) is 0 Å².